The van der Waals surface area contributed by atoms with Gasteiger partial charge in [-0.3, -0.25) is 9.59 Å². The van der Waals surface area contributed by atoms with Crippen LogP contribution in [0.2, 0.25) is 5.02 Å². The molecule has 1 aromatic carbocycles. The van der Waals surface area contributed by atoms with E-state index in [-0.39, 0.29) is 6.54 Å². The predicted molar refractivity (Wildman–Crippen MR) is 107 cm³/mol. The van der Waals surface area contributed by atoms with Crippen molar-refractivity contribution in [2.24, 2.45) is 5.92 Å². The molecule has 0 saturated carbocycles. The van der Waals surface area contributed by atoms with Gasteiger partial charge in [0.15, 0.2) is 11.7 Å². The summed E-state index contributed by atoms with van der Waals surface area (Å²) in [5, 5.41) is 17.8. The highest BCUT2D eigenvalue weighted by molar-refractivity contribution is 7.20. The number of halogens is 1. The van der Waals surface area contributed by atoms with Crippen LogP contribution in [-0.2, 0) is 9.53 Å². The van der Waals surface area contributed by atoms with Crippen LogP contribution in [0.15, 0.2) is 30.3 Å². The number of methoxy groups -OCH3 is 1. The van der Waals surface area contributed by atoms with Crippen molar-refractivity contribution in [3.63, 3.8) is 0 Å². The monoisotopic (exact) mass is 416 g/mol. The second kappa shape index (κ2) is 8.52. The summed E-state index contributed by atoms with van der Waals surface area (Å²) in [7, 11) is 1.50. The summed E-state index contributed by atoms with van der Waals surface area (Å²) in [4.78, 5) is 26.0. The van der Waals surface area contributed by atoms with Crippen molar-refractivity contribution < 1.29 is 14.3 Å². The van der Waals surface area contributed by atoms with Crippen LogP contribution in [0.1, 0.15) is 15.4 Å². The molecule has 3 aromatic rings. The molecule has 0 radical (unpaired) electrons. The zero-order valence-electron chi connectivity index (χ0n) is 15.2. The number of thiophene rings is 1. The molecule has 28 heavy (non-hydrogen) atoms. The Balaban J connectivity index is 1.92. The number of hydrogen-bond acceptors (Lipinski definition) is 6. The smallest absolute Gasteiger partial charge is 0.245 e. The molecule has 1 unspecified atom stereocenters. The van der Waals surface area contributed by atoms with Crippen LogP contribution in [0.4, 0.5) is 0 Å². The lowest BCUT2D eigenvalue weighted by Gasteiger charge is -2.08. The summed E-state index contributed by atoms with van der Waals surface area (Å²) in [6.45, 7) is 2.38. The number of aryl methyl sites for hydroxylation is 1. The minimum Gasteiger partial charge on any atom is -0.383 e. The van der Waals surface area contributed by atoms with Crippen LogP contribution in [0, 0.1) is 24.2 Å². The molecular formula is C19H17ClN4O3S. The van der Waals surface area contributed by atoms with Crippen molar-refractivity contribution >= 4 is 44.8 Å². The highest BCUT2D eigenvalue weighted by atomic mass is 35.5. The van der Waals surface area contributed by atoms with Crippen molar-refractivity contribution in [3.05, 3.63) is 45.9 Å². The molecule has 144 valence electrons. The number of nitrogens with zero attached hydrogens (tertiary/aromatic N) is 3. The molecule has 1 amide bonds. The van der Waals surface area contributed by atoms with E-state index >= 15 is 0 Å². The largest absolute Gasteiger partial charge is 0.383 e. The van der Waals surface area contributed by atoms with E-state index in [0.717, 1.165) is 21.6 Å². The van der Waals surface area contributed by atoms with Gasteiger partial charge in [0, 0.05) is 24.1 Å². The van der Waals surface area contributed by atoms with E-state index in [2.05, 4.69) is 10.4 Å². The fourth-order valence-corrected chi connectivity index (χ4v) is 3.96. The number of fused-ring (bicyclic) bond motifs is 1. The van der Waals surface area contributed by atoms with Crippen LogP contribution < -0.4 is 5.32 Å². The van der Waals surface area contributed by atoms with Crippen molar-refractivity contribution in [2.45, 2.75) is 6.92 Å². The van der Waals surface area contributed by atoms with E-state index in [9.17, 15) is 14.9 Å². The zero-order chi connectivity index (χ0) is 20.3. The topological polar surface area (TPSA) is 97.0 Å². The Morgan fingerprint density at radius 2 is 2.11 bits per heavy atom. The molecule has 0 spiro atoms. The summed E-state index contributed by atoms with van der Waals surface area (Å²) >= 11 is 7.15. The maximum absolute atomic E-state index is 12.8. The quantitative estimate of drug-likeness (QED) is 0.362. The van der Waals surface area contributed by atoms with E-state index in [0.29, 0.717) is 16.5 Å². The Kier molecular flexibility index (Phi) is 6.09. The molecule has 2 heterocycles. The van der Waals surface area contributed by atoms with Gasteiger partial charge in [-0.2, -0.15) is 10.4 Å². The number of Topliss-reactive ketones (excluding diaryl/α,β-unsaturated/α-hetero) is 1. The van der Waals surface area contributed by atoms with Gasteiger partial charge in [-0.05, 0) is 37.3 Å². The number of aromatic nitrogens is 2. The molecule has 1 N–H and O–H groups in total. The molecule has 1 atom stereocenters. The first-order valence-electron chi connectivity index (χ1n) is 8.42. The number of hydrogen-bond donors (Lipinski definition) is 1. The molecule has 0 bridgehead atoms. The van der Waals surface area contributed by atoms with Gasteiger partial charge in [0.25, 0.3) is 0 Å². The normalized spacial score (nSPS) is 11.9. The predicted octanol–water partition coefficient (Wildman–Crippen LogP) is 3.13. The Hall–Kier alpha value is -2.73. The summed E-state index contributed by atoms with van der Waals surface area (Å²) in [6.07, 6.45) is 0. The first kappa shape index (κ1) is 20.0. The number of nitriles is 1. The third-order valence-electron chi connectivity index (χ3n) is 4.12. The van der Waals surface area contributed by atoms with E-state index < -0.39 is 17.6 Å². The van der Waals surface area contributed by atoms with Crippen LogP contribution in [0.3, 0.4) is 0 Å². The summed E-state index contributed by atoms with van der Waals surface area (Å²) in [6, 6.07) is 10.7. The molecule has 0 aliphatic rings. The standard InChI is InChI=1S/C19H17ClN4O3S/c1-11-14-9-16(17(25)15(10-21)18(26)22-7-8-27-2)28-19(14)24(23-11)13-5-3-12(20)4-6-13/h3-6,9,15H,7-8H2,1-2H3,(H,22,26). The molecule has 0 aliphatic heterocycles. The average molecular weight is 417 g/mol. The molecule has 2 aromatic heterocycles. The lowest BCUT2D eigenvalue weighted by Crippen LogP contribution is -2.36. The lowest BCUT2D eigenvalue weighted by atomic mass is 10.0. The minimum atomic E-state index is -1.41. The molecule has 3 rings (SSSR count). The molecule has 0 aliphatic carbocycles. The van der Waals surface area contributed by atoms with Gasteiger partial charge in [0.1, 0.15) is 4.83 Å². The first-order valence-corrected chi connectivity index (χ1v) is 9.61. The molecule has 0 fully saturated rings. The maximum atomic E-state index is 12.8. The number of amides is 1. The second-order valence-corrected chi connectivity index (χ2v) is 7.48. The Morgan fingerprint density at radius 3 is 2.75 bits per heavy atom. The van der Waals surface area contributed by atoms with E-state index in [1.54, 1.807) is 29.0 Å². The number of ketones is 1. The van der Waals surface area contributed by atoms with Gasteiger partial charge in [-0.1, -0.05) is 11.6 Å². The van der Waals surface area contributed by atoms with Crippen molar-refractivity contribution in [1.29, 1.82) is 5.26 Å². The second-order valence-electron chi connectivity index (χ2n) is 6.01. The van der Waals surface area contributed by atoms with Gasteiger partial charge in [-0.25, -0.2) is 4.68 Å². The summed E-state index contributed by atoms with van der Waals surface area (Å²) < 4.78 is 6.58. The third-order valence-corrected chi connectivity index (χ3v) is 5.49. The summed E-state index contributed by atoms with van der Waals surface area (Å²) in [5.41, 5.74) is 1.55. The Morgan fingerprint density at radius 1 is 1.39 bits per heavy atom. The summed E-state index contributed by atoms with van der Waals surface area (Å²) in [5.74, 6) is -2.56. The molecule has 9 heteroatoms. The fourth-order valence-electron chi connectivity index (χ4n) is 2.68. The van der Waals surface area contributed by atoms with Crippen LogP contribution >= 0.6 is 22.9 Å². The number of rotatable bonds is 7. The number of ether oxygens (including phenoxy) is 1. The highest BCUT2D eigenvalue weighted by Gasteiger charge is 2.29. The Bertz CT molecular complexity index is 1070. The van der Waals surface area contributed by atoms with Crippen molar-refractivity contribution in [3.8, 4) is 11.8 Å². The third kappa shape index (κ3) is 3.92. The number of carbonyl (C=O) groups is 2. The molecule has 0 saturated heterocycles. The zero-order valence-corrected chi connectivity index (χ0v) is 16.8. The first-order chi connectivity index (χ1) is 13.5. The number of benzene rings is 1. The Labute approximate surface area is 170 Å². The van der Waals surface area contributed by atoms with Gasteiger partial charge >= 0.3 is 0 Å². The SMILES string of the molecule is COCCNC(=O)C(C#N)C(=O)c1cc2c(C)nn(-c3ccc(Cl)cc3)c2s1. The van der Waals surface area contributed by atoms with Crippen molar-refractivity contribution in [2.75, 3.05) is 20.3 Å². The van der Waals surface area contributed by atoms with E-state index in [4.69, 9.17) is 16.3 Å². The van der Waals surface area contributed by atoms with E-state index in [1.165, 1.54) is 18.4 Å². The van der Waals surface area contributed by atoms with Gasteiger partial charge in [-0.15, -0.1) is 11.3 Å². The van der Waals surface area contributed by atoms with Crippen LogP contribution in [0.25, 0.3) is 15.9 Å². The lowest BCUT2D eigenvalue weighted by molar-refractivity contribution is -0.122. The fraction of sp³-hybridized carbons (Fsp3) is 0.263. The van der Waals surface area contributed by atoms with Gasteiger partial charge in [0.2, 0.25) is 5.91 Å². The maximum Gasteiger partial charge on any atom is 0.245 e. The van der Waals surface area contributed by atoms with Crippen molar-refractivity contribution in [1.82, 2.24) is 15.1 Å². The highest BCUT2D eigenvalue weighted by Crippen LogP contribution is 2.32. The van der Waals surface area contributed by atoms with Crippen LogP contribution in [-0.4, -0.2) is 41.7 Å². The minimum absolute atomic E-state index is 0.234. The molecular weight excluding hydrogens is 400 g/mol. The average Bonchev–Trinajstić information content (AvgIpc) is 3.24. The van der Waals surface area contributed by atoms with Gasteiger partial charge < -0.3 is 10.1 Å². The van der Waals surface area contributed by atoms with Crippen LogP contribution in [0.5, 0.6) is 0 Å². The number of carbonyl (C=O) groups excluding carboxylic acids is 2. The number of nitrogens with one attached hydrogen (secondary N) is 1. The van der Waals surface area contributed by atoms with Gasteiger partial charge in [0.05, 0.1) is 28.9 Å². The van der Waals surface area contributed by atoms with E-state index in [1.807, 2.05) is 19.1 Å². The molecule has 7 nitrogen and oxygen atoms in total.